The van der Waals surface area contributed by atoms with Crippen LogP contribution in [0.5, 0.6) is 5.75 Å². The van der Waals surface area contributed by atoms with Gasteiger partial charge in [0.2, 0.25) is 5.91 Å². The molecule has 1 aliphatic rings. The zero-order valence-electron chi connectivity index (χ0n) is 17.1. The first-order valence-corrected chi connectivity index (χ1v) is 8.95. The molecule has 8 heteroatoms. The third-order valence-electron chi connectivity index (χ3n) is 4.17. The highest BCUT2D eigenvalue weighted by Gasteiger charge is 2.34. The molecular weight excluding hydrogens is 474 g/mol. The van der Waals surface area contributed by atoms with Crippen molar-refractivity contribution >= 4 is 35.8 Å². The molecule has 0 radical (unpaired) electrons. The summed E-state index contributed by atoms with van der Waals surface area (Å²) in [5.74, 6) is 0.593. The highest BCUT2D eigenvalue weighted by atomic mass is 127. The van der Waals surface area contributed by atoms with Crippen LogP contribution in [0.15, 0.2) is 35.3 Å². The molecule has 0 spiro atoms. The number of benzene rings is 1. The van der Waals surface area contributed by atoms with Crippen LogP contribution in [0.1, 0.15) is 38.8 Å². The van der Waals surface area contributed by atoms with Crippen LogP contribution in [0, 0.1) is 5.82 Å². The Morgan fingerprint density at radius 1 is 1.43 bits per heavy atom. The lowest BCUT2D eigenvalue weighted by molar-refractivity contribution is -0.127. The molecule has 6 nitrogen and oxygen atoms in total. The van der Waals surface area contributed by atoms with Crippen molar-refractivity contribution in [2.75, 3.05) is 27.2 Å². The van der Waals surface area contributed by atoms with Gasteiger partial charge < -0.3 is 20.3 Å². The van der Waals surface area contributed by atoms with Gasteiger partial charge in [-0.25, -0.2) is 9.38 Å². The van der Waals surface area contributed by atoms with Gasteiger partial charge in [0.05, 0.1) is 6.04 Å². The SMILES string of the molecule is C=C(C)CNC(=NCC(=O)N(C)C)NC1CC(C)(C)Oc2cc(F)ccc21.I. The molecule has 1 amide bonds. The molecule has 0 aromatic heterocycles. The first-order chi connectivity index (χ1) is 12.6. The summed E-state index contributed by atoms with van der Waals surface area (Å²) < 4.78 is 19.6. The molecule has 0 fully saturated rings. The quantitative estimate of drug-likeness (QED) is 0.280. The molecule has 0 aliphatic carbocycles. The van der Waals surface area contributed by atoms with E-state index in [1.54, 1.807) is 20.2 Å². The number of nitrogens with one attached hydrogen (secondary N) is 2. The molecule has 0 saturated carbocycles. The number of aliphatic imine (C=N–C) groups is 1. The van der Waals surface area contributed by atoms with Crippen molar-refractivity contribution in [1.82, 2.24) is 15.5 Å². The Balaban J connectivity index is 0.00000392. The standard InChI is InChI=1S/C20H29FN4O2.HI/c1-13(2)11-22-19(23-12-18(26)25(5)6)24-16-10-20(3,4)27-17-9-14(21)7-8-15(16)17;/h7-9,16H,1,10-12H2,2-6H3,(H2,22,23,24);1H. The summed E-state index contributed by atoms with van der Waals surface area (Å²) >= 11 is 0. The van der Waals surface area contributed by atoms with Crippen molar-refractivity contribution in [3.63, 3.8) is 0 Å². The van der Waals surface area contributed by atoms with E-state index in [-0.39, 0.29) is 48.3 Å². The smallest absolute Gasteiger partial charge is 0.243 e. The van der Waals surface area contributed by atoms with Crippen LogP contribution in [0.25, 0.3) is 0 Å². The van der Waals surface area contributed by atoms with E-state index in [0.717, 1.165) is 11.1 Å². The van der Waals surface area contributed by atoms with E-state index >= 15 is 0 Å². The number of amides is 1. The second kappa shape index (κ2) is 10.1. The van der Waals surface area contributed by atoms with E-state index in [1.807, 2.05) is 20.8 Å². The van der Waals surface area contributed by atoms with E-state index in [2.05, 4.69) is 22.2 Å². The van der Waals surface area contributed by atoms with Crippen LogP contribution in [0.4, 0.5) is 4.39 Å². The molecule has 156 valence electrons. The number of likely N-dealkylation sites (N-methyl/N-ethyl adjacent to an activating group) is 1. The van der Waals surface area contributed by atoms with Gasteiger partial charge in [-0.1, -0.05) is 18.2 Å². The Morgan fingerprint density at radius 2 is 2.11 bits per heavy atom. The predicted molar refractivity (Wildman–Crippen MR) is 121 cm³/mol. The van der Waals surface area contributed by atoms with Gasteiger partial charge >= 0.3 is 0 Å². The summed E-state index contributed by atoms with van der Waals surface area (Å²) in [4.78, 5) is 17.8. The molecule has 2 rings (SSSR count). The predicted octanol–water partition coefficient (Wildman–Crippen LogP) is 3.25. The Hall–Kier alpha value is -1.84. The fourth-order valence-electron chi connectivity index (χ4n) is 2.79. The lowest BCUT2D eigenvalue weighted by Crippen LogP contribution is -2.46. The number of fused-ring (bicyclic) bond motifs is 1. The van der Waals surface area contributed by atoms with Crippen molar-refractivity contribution < 1.29 is 13.9 Å². The maximum Gasteiger partial charge on any atom is 0.243 e. The lowest BCUT2D eigenvalue weighted by Gasteiger charge is -2.38. The molecule has 2 N–H and O–H groups in total. The Kier molecular flexibility index (Phi) is 8.72. The average molecular weight is 504 g/mol. The number of rotatable bonds is 5. The molecule has 1 unspecified atom stereocenters. The van der Waals surface area contributed by atoms with Crippen molar-refractivity contribution in [3.8, 4) is 5.75 Å². The number of hydrogen-bond acceptors (Lipinski definition) is 3. The van der Waals surface area contributed by atoms with Crippen molar-refractivity contribution in [3.05, 3.63) is 41.7 Å². The van der Waals surface area contributed by atoms with Crippen molar-refractivity contribution in [2.24, 2.45) is 4.99 Å². The van der Waals surface area contributed by atoms with Gasteiger partial charge in [0.25, 0.3) is 0 Å². The van der Waals surface area contributed by atoms with Crippen LogP contribution in [0.3, 0.4) is 0 Å². The first-order valence-electron chi connectivity index (χ1n) is 8.95. The number of halogens is 2. The van der Waals surface area contributed by atoms with Crippen LogP contribution < -0.4 is 15.4 Å². The lowest BCUT2D eigenvalue weighted by atomic mass is 9.89. The van der Waals surface area contributed by atoms with Gasteiger partial charge in [-0.15, -0.1) is 24.0 Å². The topological polar surface area (TPSA) is 66.0 Å². The van der Waals surface area contributed by atoms with E-state index in [1.165, 1.54) is 17.0 Å². The Labute approximate surface area is 183 Å². The highest BCUT2D eigenvalue weighted by Crippen LogP contribution is 2.39. The molecule has 0 bridgehead atoms. The highest BCUT2D eigenvalue weighted by molar-refractivity contribution is 14.0. The van der Waals surface area contributed by atoms with Crippen LogP contribution in [-0.2, 0) is 4.79 Å². The fourth-order valence-corrected chi connectivity index (χ4v) is 2.79. The van der Waals surface area contributed by atoms with E-state index in [0.29, 0.717) is 24.7 Å². The maximum atomic E-state index is 13.6. The number of nitrogens with zero attached hydrogens (tertiary/aromatic N) is 2. The molecule has 1 aromatic carbocycles. The summed E-state index contributed by atoms with van der Waals surface area (Å²) in [5.41, 5.74) is 1.34. The van der Waals surface area contributed by atoms with Crippen LogP contribution >= 0.6 is 24.0 Å². The Bertz CT molecular complexity index is 750. The number of ether oxygens (including phenoxy) is 1. The monoisotopic (exact) mass is 504 g/mol. The zero-order valence-corrected chi connectivity index (χ0v) is 19.5. The van der Waals surface area contributed by atoms with Crippen molar-refractivity contribution in [1.29, 1.82) is 0 Å². The minimum atomic E-state index is -0.461. The second-order valence-electron chi connectivity index (χ2n) is 7.71. The number of guanidine groups is 1. The Morgan fingerprint density at radius 3 is 2.71 bits per heavy atom. The minimum Gasteiger partial charge on any atom is -0.487 e. The molecule has 1 aromatic rings. The average Bonchev–Trinajstić information content (AvgIpc) is 2.55. The van der Waals surface area contributed by atoms with Gasteiger partial charge in [-0.3, -0.25) is 4.79 Å². The van der Waals surface area contributed by atoms with E-state index < -0.39 is 5.60 Å². The van der Waals surface area contributed by atoms with Crippen molar-refractivity contribution in [2.45, 2.75) is 38.8 Å². The van der Waals surface area contributed by atoms with E-state index in [4.69, 9.17) is 4.74 Å². The summed E-state index contributed by atoms with van der Waals surface area (Å²) in [6.45, 7) is 10.3. The van der Waals surface area contributed by atoms with Gasteiger partial charge in [-0.2, -0.15) is 0 Å². The largest absolute Gasteiger partial charge is 0.487 e. The fraction of sp³-hybridized carbons (Fsp3) is 0.500. The summed E-state index contributed by atoms with van der Waals surface area (Å²) in [7, 11) is 3.39. The normalized spacial score (nSPS) is 17.5. The van der Waals surface area contributed by atoms with Gasteiger partial charge in [0.1, 0.15) is 23.7 Å². The van der Waals surface area contributed by atoms with Gasteiger partial charge in [0, 0.05) is 38.7 Å². The van der Waals surface area contributed by atoms with E-state index in [9.17, 15) is 9.18 Å². The maximum absolute atomic E-state index is 13.6. The molecule has 28 heavy (non-hydrogen) atoms. The van der Waals surface area contributed by atoms with Crippen LogP contribution in [-0.4, -0.2) is 49.6 Å². The van der Waals surface area contributed by atoms with Gasteiger partial charge in [-0.05, 0) is 26.8 Å². The summed E-state index contributed by atoms with van der Waals surface area (Å²) in [5, 5.41) is 6.55. The second-order valence-corrected chi connectivity index (χ2v) is 7.71. The number of carbonyl (C=O) groups is 1. The summed E-state index contributed by atoms with van der Waals surface area (Å²) in [6, 6.07) is 4.41. The molecule has 1 aliphatic heterocycles. The zero-order chi connectivity index (χ0) is 20.2. The number of hydrogen-bond donors (Lipinski definition) is 2. The summed E-state index contributed by atoms with van der Waals surface area (Å²) in [6.07, 6.45) is 0.668. The third-order valence-corrected chi connectivity index (χ3v) is 4.17. The minimum absolute atomic E-state index is 0. The molecular formula is C20H30FIN4O2. The van der Waals surface area contributed by atoms with Gasteiger partial charge in [0.15, 0.2) is 5.96 Å². The molecule has 1 heterocycles. The van der Waals surface area contributed by atoms with Crippen LogP contribution in [0.2, 0.25) is 0 Å². The number of carbonyl (C=O) groups excluding carboxylic acids is 1. The third kappa shape index (κ3) is 6.96. The molecule has 1 atom stereocenters. The molecule has 0 saturated heterocycles. The first kappa shape index (κ1) is 24.2.